The van der Waals surface area contributed by atoms with Gasteiger partial charge in [-0.05, 0) is 56.3 Å². The van der Waals surface area contributed by atoms with E-state index in [0.717, 1.165) is 25.8 Å². The Bertz CT molecular complexity index is 484. The number of ketones is 1. The third-order valence-corrected chi connectivity index (χ3v) is 5.25. The number of pyridine rings is 1. The predicted molar refractivity (Wildman–Crippen MR) is 79.7 cm³/mol. The van der Waals surface area contributed by atoms with Gasteiger partial charge in [-0.25, -0.2) is 4.39 Å². The van der Waals surface area contributed by atoms with Crippen LogP contribution in [0.4, 0.5) is 4.39 Å². The summed E-state index contributed by atoms with van der Waals surface area (Å²) in [5.41, 5.74) is 1.000. The fraction of sp³-hybridized carbons (Fsp3) is 0.647. The van der Waals surface area contributed by atoms with Crippen LogP contribution < -0.4 is 0 Å². The number of carbonyl (C=O) groups is 1. The number of hydrogen-bond donors (Lipinski definition) is 0. The lowest BCUT2D eigenvalue weighted by Crippen LogP contribution is -2.39. The highest BCUT2D eigenvalue weighted by Gasteiger charge is 2.36. The van der Waals surface area contributed by atoms with Gasteiger partial charge in [0.05, 0.1) is 6.20 Å². The molecule has 1 spiro atoms. The molecule has 1 aromatic heterocycles. The molecule has 21 heavy (non-hydrogen) atoms. The van der Waals surface area contributed by atoms with Crippen LogP contribution in [-0.4, -0.2) is 35.3 Å². The number of halogens is 1. The van der Waals surface area contributed by atoms with Gasteiger partial charge in [0.25, 0.3) is 0 Å². The lowest BCUT2D eigenvalue weighted by molar-refractivity contribution is 0.0884. The number of piperidine rings is 1. The molecule has 3 nitrogen and oxygen atoms in total. The quantitative estimate of drug-likeness (QED) is 0.796. The molecule has 3 rings (SSSR count). The lowest BCUT2D eigenvalue weighted by atomic mass is 9.77. The molecule has 0 aromatic carbocycles. The van der Waals surface area contributed by atoms with Gasteiger partial charge in [0, 0.05) is 13.0 Å². The zero-order chi connectivity index (χ0) is 14.7. The second-order valence-electron chi connectivity index (χ2n) is 6.58. The van der Waals surface area contributed by atoms with Crippen molar-refractivity contribution in [3.8, 4) is 0 Å². The first kappa shape index (κ1) is 14.6. The molecule has 2 aliphatic rings. The van der Waals surface area contributed by atoms with E-state index in [0.29, 0.717) is 17.5 Å². The van der Waals surface area contributed by atoms with Crippen molar-refractivity contribution in [3.05, 3.63) is 29.8 Å². The molecule has 0 bridgehead atoms. The Kier molecular flexibility index (Phi) is 4.34. The van der Waals surface area contributed by atoms with Crippen molar-refractivity contribution < 1.29 is 9.18 Å². The molecule has 0 atom stereocenters. The van der Waals surface area contributed by atoms with Crippen LogP contribution in [0.3, 0.4) is 0 Å². The Labute approximate surface area is 125 Å². The standard InChI is InChI=1S/C17H23FN2O/c18-14-3-4-15(19-13-14)16(21)5-10-20-11-8-17(9-12-20)6-1-2-7-17/h3-4,13H,1-2,5-12H2. The smallest absolute Gasteiger partial charge is 0.182 e. The third kappa shape index (κ3) is 3.49. The number of hydrogen-bond acceptors (Lipinski definition) is 3. The van der Waals surface area contributed by atoms with E-state index in [1.807, 2.05) is 0 Å². The van der Waals surface area contributed by atoms with Crippen molar-refractivity contribution in [2.24, 2.45) is 5.41 Å². The van der Waals surface area contributed by atoms with Crippen LogP contribution in [-0.2, 0) is 0 Å². The molecule has 114 valence electrons. The Morgan fingerprint density at radius 2 is 1.90 bits per heavy atom. The maximum atomic E-state index is 12.8. The maximum Gasteiger partial charge on any atom is 0.182 e. The molecule has 1 saturated carbocycles. The second-order valence-corrected chi connectivity index (χ2v) is 6.58. The number of rotatable bonds is 4. The SMILES string of the molecule is O=C(CCN1CCC2(CCCC2)CC1)c1ccc(F)cn1. The third-order valence-electron chi connectivity index (χ3n) is 5.25. The Hall–Kier alpha value is -1.29. The van der Waals surface area contributed by atoms with Gasteiger partial charge in [0.1, 0.15) is 11.5 Å². The molecule has 2 fully saturated rings. The van der Waals surface area contributed by atoms with Crippen molar-refractivity contribution in [1.29, 1.82) is 0 Å². The van der Waals surface area contributed by atoms with Crippen molar-refractivity contribution in [2.45, 2.75) is 44.9 Å². The average molecular weight is 290 g/mol. The summed E-state index contributed by atoms with van der Waals surface area (Å²) in [6.07, 6.45) is 9.76. The van der Waals surface area contributed by atoms with Gasteiger partial charge in [0.15, 0.2) is 5.78 Å². The van der Waals surface area contributed by atoms with Gasteiger partial charge in [-0.2, -0.15) is 0 Å². The maximum absolute atomic E-state index is 12.8. The first-order valence-corrected chi connectivity index (χ1v) is 8.04. The summed E-state index contributed by atoms with van der Waals surface area (Å²) in [4.78, 5) is 18.3. The summed E-state index contributed by atoms with van der Waals surface area (Å²) >= 11 is 0. The highest BCUT2D eigenvalue weighted by atomic mass is 19.1. The van der Waals surface area contributed by atoms with E-state index in [4.69, 9.17) is 0 Å². The monoisotopic (exact) mass is 290 g/mol. The predicted octanol–water partition coefficient (Wildman–Crippen LogP) is 3.45. The van der Waals surface area contributed by atoms with Gasteiger partial charge >= 0.3 is 0 Å². The van der Waals surface area contributed by atoms with E-state index < -0.39 is 5.82 Å². The zero-order valence-electron chi connectivity index (χ0n) is 12.5. The van der Waals surface area contributed by atoms with Crippen LogP contribution in [0.15, 0.2) is 18.3 Å². The van der Waals surface area contributed by atoms with Gasteiger partial charge in [0.2, 0.25) is 0 Å². The fourth-order valence-electron chi connectivity index (χ4n) is 3.80. The molecule has 0 radical (unpaired) electrons. The number of aromatic nitrogens is 1. The summed E-state index contributed by atoms with van der Waals surface area (Å²) in [6.45, 7) is 3.03. The zero-order valence-corrected chi connectivity index (χ0v) is 12.5. The molecule has 2 heterocycles. The normalized spacial score (nSPS) is 21.8. The molecule has 1 aliphatic carbocycles. The summed E-state index contributed by atoms with van der Waals surface area (Å²) in [7, 11) is 0. The molecule has 0 amide bonds. The number of Topliss-reactive ketones (excluding diaryl/α,β-unsaturated/α-hetero) is 1. The Morgan fingerprint density at radius 1 is 1.19 bits per heavy atom. The molecule has 4 heteroatoms. The number of likely N-dealkylation sites (tertiary alicyclic amines) is 1. The van der Waals surface area contributed by atoms with E-state index in [-0.39, 0.29) is 5.78 Å². The summed E-state index contributed by atoms with van der Waals surface area (Å²) in [5.74, 6) is -0.388. The van der Waals surface area contributed by atoms with Crippen LogP contribution >= 0.6 is 0 Å². The van der Waals surface area contributed by atoms with Crippen LogP contribution in [0.25, 0.3) is 0 Å². The second kappa shape index (κ2) is 6.22. The lowest BCUT2D eigenvalue weighted by Gasteiger charge is -2.39. The largest absolute Gasteiger partial charge is 0.303 e. The first-order valence-electron chi connectivity index (χ1n) is 8.04. The summed E-state index contributed by atoms with van der Waals surface area (Å²) in [5, 5.41) is 0. The first-order chi connectivity index (χ1) is 10.2. The molecular formula is C17H23FN2O. The topological polar surface area (TPSA) is 33.2 Å². The van der Waals surface area contributed by atoms with Gasteiger partial charge in [-0.3, -0.25) is 9.78 Å². The van der Waals surface area contributed by atoms with E-state index >= 15 is 0 Å². The minimum atomic E-state index is -0.399. The van der Waals surface area contributed by atoms with Crippen molar-refractivity contribution in [2.75, 3.05) is 19.6 Å². The van der Waals surface area contributed by atoms with Crippen molar-refractivity contribution in [1.82, 2.24) is 9.88 Å². The van der Waals surface area contributed by atoms with Gasteiger partial charge in [-0.15, -0.1) is 0 Å². The minimum absolute atomic E-state index is 0.0103. The number of nitrogens with zero attached hydrogens (tertiary/aromatic N) is 2. The molecule has 1 saturated heterocycles. The number of carbonyl (C=O) groups excluding carboxylic acids is 1. The summed E-state index contributed by atoms with van der Waals surface area (Å²) < 4.78 is 12.8. The minimum Gasteiger partial charge on any atom is -0.303 e. The van der Waals surface area contributed by atoms with E-state index in [2.05, 4.69) is 9.88 Å². The molecule has 1 aromatic rings. The Morgan fingerprint density at radius 3 is 2.52 bits per heavy atom. The van der Waals surface area contributed by atoms with Crippen molar-refractivity contribution in [3.63, 3.8) is 0 Å². The highest BCUT2D eigenvalue weighted by molar-refractivity contribution is 5.94. The average Bonchev–Trinajstić information content (AvgIpc) is 2.95. The molecular weight excluding hydrogens is 267 g/mol. The van der Waals surface area contributed by atoms with Gasteiger partial charge in [-0.1, -0.05) is 12.8 Å². The molecule has 1 aliphatic heterocycles. The van der Waals surface area contributed by atoms with Gasteiger partial charge < -0.3 is 4.90 Å². The van der Waals surface area contributed by atoms with Crippen LogP contribution in [0, 0.1) is 11.2 Å². The van der Waals surface area contributed by atoms with Crippen LogP contribution in [0.1, 0.15) is 55.4 Å². The highest BCUT2D eigenvalue weighted by Crippen LogP contribution is 2.46. The van der Waals surface area contributed by atoms with Crippen molar-refractivity contribution >= 4 is 5.78 Å². The summed E-state index contributed by atoms with van der Waals surface area (Å²) in [6, 6.07) is 2.77. The Balaban J connectivity index is 1.45. The van der Waals surface area contributed by atoms with E-state index in [1.165, 1.54) is 50.7 Å². The molecule has 0 N–H and O–H groups in total. The fourth-order valence-corrected chi connectivity index (χ4v) is 3.80. The molecule has 0 unspecified atom stereocenters. The van der Waals surface area contributed by atoms with Crippen LogP contribution in [0.2, 0.25) is 0 Å². The van der Waals surface area contributed by atoms with E-state index in [9.17, 15) is 9.18 Å². The van der Waals surface area contributed by atoms with E-state index in [1.54, 1.807) is 0 Å². The van der Waals surface area contributed by atoms with Crippen LogP contribution in [0.5, 0.6) is 0 Å².